The van der Waals surface area contributed by atoms with Crippen LogP contribution in [-0.4, -0.2) is 31.1 Å². The number of anilines is 1. The standard InChI is InChI=1S/C27H20Cl2N6O3/c1-16-13-21-5-3-4-12-33(21)25(16)26(36)18-6-11-23(24(14-18)35(37)38)31-30-15-22-17(2)32-34(27(22)29)20-9-7-19(28)8-10-20/h3-15,31H,1-2H3/b30-15+. The number of ketones is 1. The van der Waals surface area contributed by atoms with Crippen molar-refractivity contribution in [3.8, 4) is 5.69 Å². The van der Waals surface area contributed by atoms with Crippen molar-refractivity contribution in [1.29, 1.82) is 0 Å². The van der Waals surface area contributed by atoms with E-state index in [2.05, 4.69) is 15.6 Å². The minimum atomic E-state index is -0.561. The first-order valence-corrected chi connectivity index (χ1v) is 12.2. The van der Waals surface area contributed by atoms with E-state index in [1.54, 1.807) is 46.5 Å². The first kappa shape index (κ1) is 25.2. The van der Waals surface area contributed by atoms with Gasteiger partial charge in [-0.3, -0.25) is 20.3 Å². The van der Waals surface area contributed by atoms with Gasteiger partial charge in [-0.1, -0.05) is 29.3 Å². The lowest BCUT2D eigenvalue weighted by atomic mass is 10.0. The molecule has 11 heteroatoms. The summed E-state index contributed by atoms with van der Waals surface area (Å²) >= 11 is 12.5. The fourth-order valence-corrected chi connectivity index (χ4v) is 4.63. The number of halogens is 2. The number of hydrogen-bond acceptors (Lipinski definition) is 6. The molecule has 0 atom stereocenters. The Morgan fingerprint density at radius 2 is 1.84 bits per heavy atom. The highest BCUT2D eigenvalue weighted by molar-refractivity contribution is 6.32. The van der Waals surface area contributed by atoms with Gasteiger partial charge in [0.25, 0.3) is 5.69 Å². The maximum Gasteiger partial charge on any atom is 0.294 e. The molecule has 0 spiro atoms. The maximum absolute atomic E-state index is 13.3. The highest BCUT2D eigenvalue weighted by Gasteiger charge is 2.22. The average molecular weight is 547 g/mol. The Labute approximate surface area is 227 Å². The molecule has 190 valence electrons. The minimum Gasteiger partial charge on any atom is -0.313 e. The van der Waals surface area contributed by atoms with Gasteiger partial charge in [-0.15, -0.1) is 0 Å². The highest BCUT2D eigenvalue weighted by Crippen LogP contribution is 2.29. The van der Waals surface area contributed by atoms with Gasteiger partial charge in [-0.25, -0.2) is 4.68 Å². The Kier molecular flexibility index (Phi) is 6.71. The van der Waals surface area contributed by atoms with Gasteiger partial charge in [0, 0.05) is 28.4 Å². The normalized spacial score (nSPS) is 11.4. The third-order valence-electron chi connectivity index (χ3n) is 6.04. The number of aromatic nitrogens is 3. The van der Waals surface area contributed by atoms with Crippen molar-refractivity contribution in [2.45, 2.75) is 13.8 Å². The zero-order valence-corrected chi connectivity index (χ0v) is 21.7. The van der Waals surface area contributed by atoms with Crippen LogP contribution in [0.5, 0.6) is 0 Å². The number of hydrazone groups is 1. The molecule has 5 aromatic rings. The van der Waals surface area contributed by atoms with E-state index in [1.807, 2.05) is 31.2 Å². The quantitative estimate of drug-likeness (QED) is 0.107. The molecule has 9 nitrogen and oxygen atoms in total. The van der Waals surface area contributed by atoms with Crippen LogP contribution in [0.1, 0.15) is 32.9 Å². The summed E-state index contributed by atoms with van der Waals surface area (Å²) in [5.74, 6) is -0.316. The zero-order valence-electron chi connectivity index (χ0n) is 20.2. The summed E-state index contributed by atoms with van der Waals surface area (Å²) in [5, 5.41) is 21.3. The number of nitrogens with one attached hydrogen (secondary N) is 1. The summed E-state index contributed by atoms with van der Waals surface area (Å²) in [6, 6.07) is 18.8. The smallest absolute Gasteiger partial charge is 0.294 e. The lowest BCUT2D eigenvalue weighted by molar-refractivity contribution is -0.384. The lowest BCUT2D eigenvalue weighted by Gasteiger charge is -2.07. The van der Waals surface area contributed by atoms with Gasteiger partial charge in [0.1, 0.15) is 10.8 Å². The Bertz CT molecular complexity index is 1740. The predicted octanol–water partition coefficient (Wildman–Crippen LogP) is 6.63. The van der Waals surface area contributed by atoms with Crippen molar-refractivity contribution in [3.63, 3.8) is 0 Å². The van der Waals surface area contributed by atoms with Crippen molar-refractivity contribution in [3.05, 3.63) is 121 Å². The summed E-state index contributed by atoms with van der Waals surface area (Å²) in [6.45, 7) is 3.61. The molecule has 3 aromatic heterocycles. The maximum atomic E-state index is 13.3. The van der Waals surface area contributed by atoms with Crippen LogP contribution in [0.4, 0.5) is 11.4 Å². The van der Waals surface area contributed by atoms with Gasteiger partial charge in [0.15, 0.2) is 0 Å². The van der Waals surface area contributed by atoms with Gasteiger partial charge >= 0.3 is 0 Å². The van der Waals surface area contributed by atoms with Crippen LogP contribution in [0.25, 0.3) is 11.2 Å². The number of hydrogen-bond donors (Lipinski definition) is 1. The van der Waals surface area contributed by atoms with Crippen LogP contribution >= 0.6 is 23.2 Å². The third-order valence-corrected chi connectivity index (χ3v) is 6.66. The van der Waals surface area contributed by atoms with Crippen LogP contribution in [-0.2, 0) is 0 Å². The largest absolute Gasteiger partial charge is 0.313 e. The van der Waals surface area contributed by atoms with Gasteiger partial charge in [0.05, 0.1) is 33.8 Å². The van der Waals surface area contributed by atoms with Crippen molar-refractivity contribution in [1.82, 2.24) is 14.2 Å². The number of nitro benzene ring substituents is 1. The van der Waals surface area contributed by atoms with Gasteiger partial charge in [-0.05, 0) is 74.0 Å². The Morgan fingerprint density at radius 1 is 1.08 bits per heavy atom. The Hall–Kier alpha value is -4.47. The summed E-state index contributed by atoms with van der Waals surface area (Å²) in [6.07, 6.45) is 3.23. The third kappa shape index (κ3) is 4.65. The molecule has 0 amide bonds. The van der Waals surface area contributed by atoms with Crippen molar-refractivity contribution < 1.29 is 9.72 Å². The number of fused-ring (bicyclic) bond motifs is 1. The first-order valence-electron chi connectivity index (χ1n) is 11.4. The first-order chi connectivity index (χ1) is 18.2. The van der Waals surface area contributed by atoms with Crippen LogP contribution in [0.3, 0.4) is 0 Å². The topological polar surface area (TPSA) is 107 Å². The molecule has 38 heavy (non-hydrogen) atoms. The molecule has 0 saturated carbocycles. The average Bonchev–Trinajstić information content (AvgIpc) is 3.39. The molecule has 2 aromatic carbocycles. The molecule has 0 aliphatic rings. The summed E-state index contributed by atoms with van der Waals surface area (Å²) in [7, 11) is 0. The number of pyridine rings is 1. The molecule has 0 fully saturated rings. The molecular weight excluding hydrogens is 527 g/mol. The van der Waals surface area contributed by atoms with Crippen LogP contribution in [0.2, 0.25) is 10.2 Å². The van der Waals surface area contributed by atoms with Crippen LogP contribution in [0, 0.1) is 24.0 Å². The lowest BCUT2D eigenvalue weighted by Crippen LogP contribution is -2.08. The van der Waals surface area contributed by atoms with Crippen molar-refractivity contribution >= 4 is 52.1 Å². The van der Waals surface area contributed by atoms with Crippen molar-refractivity contribution in [2.75, 3.05) is 5.43 Å². The predicted molar refractivity (Wildman–Crippen MR) is 148 cm³/mol. The molecule has 0 unspecified atom stereocenters. The van der Waals surface area contributed by atoms with E-state index in [0.717, 1.165) is 16.8 Å². The molecule has 0 radical (unpaired) electrons. The summed E-state index contributed by atoms with van der Waals surface area (Å²) < 4.78 is 3.32. The zero-order chi connectivity index (χ0) is 27.0. The summed E-state index contributed by atoms with van der Waals surface area (Å²) in [5.41, 5.74) is 6.70. The number of carbonyl (C=O) groups is 1. The van der Waals surface area contributed by atoms with E-state index in [-0.39, 0.29) is 22.7 Å². The molecule has 1 N–H and O–H groups in total. The number of benzene rings is 2. The van der Waals surface area contributed by atoms with E-state index in [1.165, 1.54) is 24.4 Å². The Morgan fingerprint density at radius 3 is 2.58 bits per heavy atom. The minimum absolute atomic E-state index is 0.124. The second kappa shape index (κ2) is 10.1. The van der Waals surface area contributed by atoms with E-state index >= 15 is 0 Å². The van der Waals surface area contributed by atoms with Gasteiger partial charge in [-0.2, -0.15) is 10.2 Å². The van der Waals surface area contributed by atoms with Crippen LogP contribution < -0.4 is 5.43 Å². The second-order valence-electron chi connectivity index (χ2n) is 8.54. The monoisotopic (exact) mass is 546 g/mol. The number of aryl methyl sites for hydroxylation is 2. The fraction of sp³-hybridized carbons (Fsp3) is 0.0741. The number of nitrogens with zero attached hydrogens (tertiary/aromatic N) is 5. The van der Waals surface area contributed by atoms with E-state index < -0.39 is 4.92 Å². The van der Waals surface area contributed by atoms with Crippen molar-refractivity contribution in [2.24, 2.45) is 5.10 Å². The molecule has 0 saturated heterocycles. The Balaban J connectivity index is 1.42. The molecule has 0 aliphatic carbocycles. The molecule has 3 heterocycles. The molecular formula is C27H20Cl2N6O3. The number of nitro groups is 1. The number of rotatable bonds is 7. The molecule has 0 bridgehead atoms. The number of carbonyl (C=O) groups excluding carboxylic acids is 1. The van der Waals surface area contributed by atoms with Gasteiger partial charge in [0.2, 0.25) is 5.78 Å². The second-order valence-corrected chi connectivity index (χ2v) is 9.33. The van der Waals surface area contributed by atoms with Gasteiger partial charge < -0.3 is 4.40 Å². The van der Waals surface area contributed by atoms with E-state index in [9.17, 15) is 14.9 Å². The van der Waals surface area contributed by atoms with E-state index in [4.69, 9.17) is 23.2 Å². The summed E-state index contributed by atoms with van der Waals surface area (Å²) in [4.78, 5) is 24.6. The van der Waals surface area contributed by atoms with E-state index in [0.29, 0.717) is 27.1 Å². The SMILES string of the molecule is Cc1cc2ccccn2c1C(=O)c1ccc(N/N=C/c2c(C)nn(-c3ccc(Cl)cc3)c2Cl)c([N+](=O)[O-])c1. The molecule has 5 rings (SSSR count). The highest BCUT2D eigenvalue weighted by atomic mass is 35.5. The van der Waals surface area contributed by atoms with Crippen LogP contribution in [0.15, 0.2) is 78.0 Å². The fourth-order valence-electron chi connectivity index (χ4n) is 4.18. The molecule has 0 aliphatic heterocycles.